The zero-order valence-electron chi connectivity index (χ0n) is 31.5. The maximum atomic E-state index is 9.55. The number of nitrogens with zero attached hydrogens (tertiary/aromatic N) is 5. The van der Waals surface area contributed by atoms with Gasteiger partial charge in [-0.25, -0.2) is 0 Å². The molecular weight excluding hydrogens is 727 g/mol. The van der Waals surface area contributed by atoms with Crippen molar-refractivity contribution < 1.29 is 0 Å². The van der Waals surface area contributed by atoms with Crippen molar-refractivity contribution in [2.24, 2.45) is 5.92 Å². The van der Waals surface area contributed by atoms with Gasteiger partial charge in [0.1, 0.15) is 35.4 Å². The number of aryl methyl sites for hydroxylation is 2. The molecule has 5 heterocycles. The van der Waals surface area contributed by atoms with Crippen molar-refractivity contribution >= 4 is 77.9 Å². The first-order valence-corrected chi connectivity index (χ1v) is 22.5. The molecule has 0 saturated heterocycles. The van der Waals surface area contributed by atoms with Crippen molar-refractivity contribution in [3.63, 3.8) is 0 Å². The molecule has 5 aromatic heterocycles. The second-order valence-electron chi connectivity index (χ2n) is 13.9. The third kappa shape index (κ3) is 9.78. The second kappa shape index (κ2) is 19.9. The molecule has 0 aliphatic carbocycles. The van der Waals surface area contributed by atoms with Gasteiger partial charge in [-0.1, -0.05) is 85.5 Å². The molecule has 9 heteroatoms. The van der Waals surface area contributed by atoms with Crippen molar-refractivity contribution in [1.82, 2.24) is 4.57 Å². The summed E-state index contributed by atoms with van der Waals surface area (Å²) in [6, 6.07) is 17.6. The van der Waals surface area contributed by atoms with E-state index in [1.54, 1.807) is 34.8 Å². The minimum absolute atomic E-state index is 0.148. The van der Waals surface area contributed by atoms with Crippen molar-refractivity contribution in [2.75, 3.05) is 0 Å². The average Bonchev–Trinajstić information content (AvgIpc) is 4.00. The Morgan fingerprint density at radius 2 is 1.02 bits per heavy atom. The Hall–Kier alpha value is -3.96. The smallest absolute Gasteiger partial charge is 0.131 e. The molecule has 5 rings (SSSR count). The standard InChI is InChI=1S/C44H49N5S4/c1-5-9-12-14-17-33-21-39(50-37(33)19-31(25-45)26-46)41-23-35-43(52-41)44-36(49(35)29-30(8-4)16-11-7-3)24-42(53-44)40-22-34(18-15-13-10-6-2)38(51-40)20-32(27-47)28-48/h19-24,30H,5-18,29H2,1-4H3. The number of hydrogen-bond acceptors (Lipinski definition) is 8. The van der Waals surface area contributed by atoms with Crippen molar-refractivity contribution in [2.45, 2.75) is 124 Å². The van der Waals surface area contributed by atoms with Gasteiger partial charge < -0.3 is 4.57 Å². The molecule has 0 saturated carbocycles. The Kier molecular flexibility index (Phi) is 15.1. The van der Waals surface area contributed by atoms with E-state index in [9.17, 15) is 21.0 Å². The summed E-state index contributed by atoms with van der Waals surface area (Å²) in [5.41, 5.74) is 5.32. The van der Waals surface area contributed by atoms with E-state index in [-0.39, 0.29) is 11.1 Å². The van der Waals surface area contributed by atoms with E-state index in [2.05, 4.69) is 80.8 Å². The molecular formula is C44H49N5S4. The van der Waals surface area contributed by atoms with Crippen LogP contribution in [-0.4, -0.2) is 4.57 Å². The normalized spacial score (nSPS) is 11.6. The summed E-state index contributed by atoms with van der Waals surface area (Å²) >= 11 is 7.10. The monoisotopic (exact) mass is 775 g/mol. The lowest BCUT2D eigenvalue weighted by Gasteiger charge is -2.16. The fourth-order valence-electron chi connectivity index (χ4n) is 6.92. The molecule has 0 spiro atoms. The quantitative estimate of drug-likeness (QED) is 0.0580. The molecule has 1 atom stereocenters. The lowest BCUT2D eigenvalue weighted by Crippen LogP contribution is -2.09. The third-order valence-corrected chi connectivity index (χ3v) is 15.1. The minimum Gasteiger partial charge on any atom is -0.339 e. The van der Waals surface area contributed by atoms with Crippen LogP contribution in [0, 0.1) is 51.2 Å². The first-order chi connectivity index (χ1) is 25.9. The summed E-state index contributed by atoms with van der Waals surface area (Å²) in [6.45, 7) is 10.0. The van der Waals surface area contributed by atoms with Gasteiger partial charge in [0.25, 0.3) is 0 Å². The van der Waals surface area contributed by atoms with Gasteiger partial charge >= 0.3 is 0 Å². The molecule has 0 radical (unpaired) electrons. The Labute approximate surface area is 331 Å². The largest absolute Gasteiger partial charge is 0.339 e. The molecule has 1 unspecified atom stereocenters. The topological polar surface area (TPSA) is 100 Å². The van der Waals surface area contributed by atoms with Crippen LogP contribution < -0.4 is 0 Å². The van der Waals surface area contributed by atoms with Crippen LogP contribution in [0.15, 0.2) is 35.4 Å². The summed E-state index contributed by atoms with van der Waals surface area (Å²) in [5, 5.41) is 38.2. The molecule has 0 aromatic carbocycles. The van der Waals surface area contributed by atoms with Crippen LogP contribution in [0.25, 0.3) is 52.1 Å². The molecule has 5 nitrogen and oxygen atoms in total. The van der Waals surface area contributed by atoms with Crippen LogP contribution in [0.3, 0.4) is 0 Å². The van der Waals surface area contributed by atoms with Gasteiger partial charge in [-0.05, 0) is 85.6 Å². The minimum atomic E-state index is 0.148. The summed E-state index contributed by atoms with van der Waals surface area (Å²) < 4.78 is 5.20. The van der Waals surface area contributed by atoms with Gasteiger partial charge in [-0.2, -0.15) is 21.0 Å². The zero-order chi connectivity index (χ0) is 37.7. The maximum Gasteiger partial charge on any atom is 0.131 e. The maximum absolute atomic E-state index is 9.55. The SMILES string of the molecule is CCCCCCc1cc(-c2cc3c(s2)c2sc(-c4cc(CCCCCC)c(C=C(C#N)C#N)s4)cc2n3CC(CC)CCCC)sc1C=C(C#N)C#N. The predicted molar refractivity (Wildman–Crippen MR) is 229 cm³/mol. The van der Waals surface area contributed by atoms with E-state index in [1.807, 2.05) is 22.7 Å². The number of nitriles is 4. The van der Waals surface area contributed by atoms with Gasteiger partial charge in [0.05, 0.1) is 20.4 Å². The Balaban J connectivity index is 1.62. The number of thiophene rings is 4. The van der Waals surface area contributed by atoms with E-state index in [0.717, 1.165) is 48.4 Å². The fourth-order valence-corrected chi connectivity index (χ4v) is 11.8. The van der Waals surface area contributed by atoms with Gasteiger partial charge in [0, 0.05) is 35.8 Å². The number of aromatic nitrogens is 1. The highest BCUT2D eigenvalue weighted by molar-refractivity contribution is 7.32. The van der Waals surface area contributed by atoms with Crippen molar-refractivity contribution in [3.8, 4) is 43.8 Å². The molecule has 5 aromatic rings. The highest BCUT2D eigenvalue weighted by atomic mass is 32.1. The molecule has 0 aliphatic heterocycles. The van der Waals surface area contributed by atoms with Crippen LogP contribution >= 0.6 is 45.3 Å². The molecule has 53 heavy (non-hydrogen) atoms. The van der Waals surface area contributed by atoms with Crippen LogP contribution in [-0.2, 0) is 19.4 Å². The van der Waals surface area contributed by atoms with Crippen LogP contribution in [0.4, 0.5) is 0 Å². The lowest BCUT2D eigenvalue weighted by atomic mass is 9.99. The molecule has 0 fully saturated rings. The summed E-state index contributed by atoms with van der Waals surface area (Å²) in [7, 11) is 0. The van der Waals surface area contributed by atoms with Crippen LogP contribution in [0.2, 0.25) is 0 Å². The van der Waals surface area contributed by atoms with E-state index in [1.165, 1.54) is 109 Å². The summed E-state index contributed by atoms with van der Waals surface area (Å²) in [6.07, 6.45) is 19.6. The van der Waals surface area contributed by atoms with Gasteiger partial charge in [-0.15, -0.1) is 45.3 Å². The van der Waals surface area contributed by atoms with Gasteiger partial charge in [0.15, 0.2) is 0 Å². The number of rotatable bonds is 20. The molecule has 0 amide bonds. The summed E-state index contributed by atoms with van der Waals surface area (Å²) in [5.74, 6) is 0.590. The highest BCUT2D eigenvalue weighted by Gasteiger charge is 2.23. The van der Waals surface area contributed by atoms with Gasteiger partial charge in [0.2, 0.25) is 0 Å². The first kappa shape index (κ1) is 40.2. The third-order valence-electron chi connectivity index (χ3n) is 10.00. The molecule has 0 bridgehead atoms. The highest BCUT2D eigenvalue weighted by Crippen LogP contribution is 2.49. The molecule has 0 aliphatic rings. The van der Waals surface area contributed by atoms with Crippen molar-refractivity contribution in [3.05, 3.63) is 56.3 Å². The summed E-state index contributed by atoms with van der Waals surface area (Å²) in [4.78, 5) is 6.90. The Morgan fingerprint density at radius 1 is 0.585 bits per heavy atom. The Bertz CT molecular complexity index is 2060. The predicted octanol–water partition coefficient (Wildman–Crippen LogP) is 14.7. The zero-order valence-corrected chi connectivity index (χ0v) is 34.8. The van der Waals surface area contributed by atoms with E-state index < -0.39 is 0 Å². The lowest BCUT2D eigenvalue weighted by molar-refractivity contribution is 0.401. The van der Waals surface area contributed by atoms with E-state index >= 15 is 0 Å². The average molecular weight is 776 g/mol. The van der Waals surface area contributed by atoms with E-state index in [0.29, 0.717) is 5.92 Å². The van der Waals surface area contributed by atoms with Crippen LogP contribution in [0.5, 0.6) is 0 Å². The Morgan fingerprint density at radius 3 is 1.42 bits per heavy atom. The number of allylic oxidation sites excluding steroid dienone is 2. The van der Waals surface area contributed by atoms with Crippen molar-refractivity contribution in [1.29, 1.82) is 21.0 Å². The molecule has 274 valence electrons. The molecule has 0 N–H and O–H groups in total. The number of unbranched alkanes of at least 4 members (excludes halogenated alkanes) is 7. The number of hydrogen-bond donors (Lipinski definition) is 0. The second-order valence-corrected chi connectivity index (χ2v) is 18.1. The fraction of sp³-hybridized carbons (Fsp3) is 0.455. The first-order valence-electron chi connectivity index (χ1n) is 19.3. The number of fused-ring (bicyclic) bond motifs is 3. The van der Waals surface area contributed by atoms with E-state index in [4.69, 9.17) is 0 Å². The van der Waals surface area contributed by atoms with Crippen LogP contribution in [0.1, 0.15) is 126 Å². The van der Waals surface area contributed by atoms with Gasteiger partial charge in [-0.3, -0.25) is 0 Å².